The monoisotopic (exact) mass is 355 g/mol. The molecule has 3 aromatic heterocycles. The van der Waals surface area contributed by atoms with Gasteiger partial charge in [0.25, 0.3) is 0 Å². The number of fused-ring (bicyclic) bond motifs is 1. The lowest BCUT2D eigenvalue weighted by molar-refractivity contribution is 0.895. The molecule has 0 fully saturated rings. The van der Waals surface area contributed by atoms with Crippen molar-refractivity contribution in [1.82, 2.24) is 19.5 Å². The Labute approximate surface area is 136 Å². The molecule has 3 heterocycles. The van der Waals surface area contributed by atoms with Crippen LogP contribution in [-0.2, 0) is 0 Å². The van der Waals surface area contributed by atoms with Gasteiger partial charge in [0, 0.05) is 52.0 Å². The standard InChI is InChI=1S/C16H14BrN5/c1-11(2)21-14-7-15(19-9-12(14)3-5-17)22-6-4-13-8-18-10-20-16(13)22/h4,6-11H,1-2H3,(H,19,21). The van der Waals surface area contributed by atoms with Crippen molar-refractivity contribution in [2.75, 3.05) is 5.32 Å². The van der Waals surface area contributed by atoms with Crippen LogP contribution in [0.25, 0.3) is 16.9 Å². The highest BCUT2D eigenvalue weighted by Gasteiger charge is 2.09. The highest BCUT2D eigenvalue weighted by Crippen LogP contribution is 2.21. The third-order valence-corrected chi connectivity index (χ3v) is 3.31. The Bertz CT molecular complexity index is 873. The van der Waals surface area contributed by atoms with Crippen LogP contribution in [-0.4, -0.2) is 25.6 Å². The van der Waals surface area contributed by atoms with E-state index in [0.29, 0.717) is 6.04 Å². The zero-order valence-electron chi connectivity index (χ0n) is 12.2. The Morgan fingerprint density at radius 2 is 2.14 bits per heavy atom. The van der Waals surface area contributed by atoms with Crippen molar-refractivity contribution in [3.63, 3.8) is 0 Å². The number of hydrogen-bond acceptors (Lipinski definition) is 4. The van der Waals surface area contributed by atoms with E-state index in [9.17, 15) is 0 Å². The number of halogens is 1. The van der Waals surface area contributed by atoms with Gasteiger partial charge in [0.05, 0.1) is 11.3 Å². The minimum absolute atomic E-state index is 0.301. The molecule has 0 atom stereocenters. The molecule has 0 saturated heterocycles. The van der Waals surface area contributed by atoms with Gasteiger partial charge in [-0.3, -0.25) is 4.57 Å². The Morgan fingerprint density at radius 3 is 2.91 bits per heavy atom. The van der Waals surface area contributed by atoms with Crippen molar-refractivity contribution in [2.45, 2.75) is 19.9 Å². The first-order valence-corrected chi connectivity index (χ1v) is 7.64. The zero-order valence-corrected chi connectivity index (χ0v) is 13.8. The van der Waals surface area contributed by atoms with Crippen LogP contribution in [0.15, 0.2) is 37.1 Å². The summed E-state index contributed by atoms with van der Waals surface area (Å²) in [4.78, 5) is 15.6. The summed E-state index contributed by atoms with van der Waals surface area (Å²) in [5.41, 5.74) is 2.63. The van der Waals surface area contributed by atoms with Gasteiger partial charge in [0.15, 0.2) is 0 Å². The molecule has 0 radical (unpaired) electrons. The summed E-state index contributed by atoms with van der Waals surface area (Å²) in [5.74, 6) is 3.79. The minimum Gasteiger partial charge on any atom is -0.382 e. The zero-order chi connectivity index (χ0) is 15.5. The van der Waals surface area contributed by atoms with Crippen LogP contribution < -0.4 is 5.32 Å². The van der Waals surface area contributed by atoms with Crippen LogP contribution in [0, 0.1) is 10.8 Å². The van der Waals surface area contributed by atoms with Gasteiger partial charge >= 0.3 is 0 Å². The molecule has 3 aromatic rings. The van der Waals surface area contributed by atoms with Gasteiger partial charge in [0.2, 0.25) is 0 Å². The maximum absolute atomic E-state index is 4.50. The molecule has 0 bridgehead atoms. The van der Waals surface area contributed by atoms with Crippen molar-refractivity contribution in [3.8, 4) is 16.6 Å². The van der Waals surface area contributed by atoms with E-state index in [0.717, 1.165) is 28.1 Å². The van der Waals surface area contributed by atoms with Gasteiger partial charge in [-0.25, -0.2) is 15.0 Å². The predicted molar refractivity (Wildman–Crippen MR) is 91.2 cm³/mol. The Hall–Kier alpha value is -2.39. The molecule has 0 aliphatic carbocycles. The largest absolute Gasteiger partial charge is 0.382 e. The quantitative estimate of drug-likeness (QED) is 0.732. The fourth-order valence-corrected chi connectivity index (χ4v) is 2.43. The average molecular weight is 356 g/mol. The van der Waals surface area contributed by atoms with Crippen molar-refractivity contribution in [3.05, 3.63) is 42.6 Å². The summed E-state index contributed by atoms with van der Waals surface area (Å²) < 4.78 is 1.94. The lowest BCUT2D eigenvalue weighted by Gasteiger charge is -2.13. The van der Waals surface area contributed by atoms with E-state index in [-0.39, 0.29) is 0 Å². The topological polar surface area (TPSA) is 55.6 Å². The smallest absolute Gasteiger partial charge is 0.149 e. The van der Waals surface area contributed by atoms with Gasteiger partial charge < -0.3 is 5.32 Å². The van der Waals surface area contributed by atoms with Crippen molar-refractivity contribution in [1.29, 1.82) is 0 Å². The third-order valence-electron chi connectivity index (χ3n) is 3.11. The summed E-state index contributed by atoms with van der Waals surface area (Å²) >= 11 is 3.14. The Morgan fingerprint density at radius 1 is 1.27 bits per heavy atom. The first-order chi connectivity index (χ1) is 10.7. The molecule has 22 heavy (non-hydrogen) atoms. The second-order valence-electron chi connectivity index (χ2n) is 5.09. The molecule has 3 rings (SSSR count). The Kier molecular flexibility index (Phi) is 4.07. The number of rotatable bonds is 3. The second-order valence-corrected chi connectivity index (χ2v) is 5.49. The lowest BCUT2D eigenvalue weighted by atomic mass is 10.2. The maximum atomic E-state index is 4.50. The maximum Gasteiger partial charge on any atom is 0.149 e. The summed E-state index contributed by atoms with van der Waals surface area (Å²) in [7, 11) is 0. The van der Waals surface area contributed by atoms with Crippen LogP contribution in [0.1, 0.15) is 19.4 Å². The molecule has 0 amide bonds. The molecule has 0 unspecified atom stereocenters. The lowest BCUT2D eigenvalue weighted by Crippen LogP contribution is -2.12. The molecule has 0 aliphatic rings. The molecule has 5 nitrogen and oxygen atoms in total. The first-order valence-electron chi connectivity index (χ1n) is 6.84. The molecule has 0 aliphatic heterocycles. The molecule has 110 valence electrons. The van der Waals surface area contributed by atoms with Crippen LogP contribution in [0.5, 0.6) is 0 Å². The summed E-state index contributed by atoms with van der Waals surface area (Å²) in [6, 6.07) is 4.25. The Balaban J connectivity index is 2.12. The number of anilines is 1. The first kappa shape index (κ1) is 14.5. The normalized spacial score (nSPS) is 10.5. The summed E-state index contributed by atoms with van der Waals surface area (Å²) in [5, 5.41) is 4.38. The summed E-state index contributed by atoms with van der Waals surface area (Å²) in [6.45, 7) is 4.17. The number of aromatic nitrogens is 4. The highest BCUT2D eigenvalue weighted by atomic mass is 79.9. The van der Waals surface area contributed by atoms with Gasteiger partial charge in [-0.15, -0.1) is 0 Å². The van der Waals surface area contributed by atoms with Crippen LogP contribution >= 0.6 is 15.9 Å². The molecule has 6 heteroatoms. The summed E-state index contributed by atoms with van der Waals surface area (Å²) in [6.07, 6.45) is 7.03. The predicted octanol–water partition coefficient (Wildman–Crippen LogP) is 3.34. The van der Waals surface area contributed by atoms with E-state index in [1.165, 1.54) is 6.33 Å². The molecule has 1 N–H and O–H groups in total. The van der Waals surface area contributed by atoms with Crippen LogP contribution in [0.2, 0.25) is 0 Å². The SMILES string of the molecule is CC(C)Nc1cc(-n2ccc3cncnc32)ncc1C#CBr. The van der Waals surface area contributed by atoms with E-state index in [2.05, 4.69) is 60.8 Å². The van der Waals surface area contributed by atoms with E-state index >= 15 is 0 Å². The molecule has 0 saturated carbocycles. The number of pyridine rings is 1. The van der Waals surface area contributed by atoms with E-state index in [4.69, 9.17) is 0 Å². The fraction of sp³-hybridized carbons (Fsp3) is 0.188. The minimum atomic E-state index is 0.301. The molecular weight excluding hydrogens is 342 g/mol. The van der Waals surface area contributed by atoms with Gasteiger partial charge in [0.1, 0.15) is 17.8 Å². The van der Waals surface area contributed by atoms with E-state index < -0.39 is 0 Å². The van der Waals surface area contributed by atoms with Crippen LogP contribution in [0.4, 0.5) is 5.69 Å². The van der Waals surface area contributed by atoms with Gasteiger partial charge in [-0.05, 0) is 24.7 Å². The van der Waals surface area contributed by atoms with Crippen molar-refractivity contribution in [2.24, 2.45) is 0 Å². The number of hydrogen-bond donors (Lipinski definition) is 1. The van der Waals surface area contributed by atoms with E-state index in [1.807, 2.05) is 22.9 Å². The highest BCUT2D eigenvalue weighted by molar-refractivity contribution is 9.12. The molecular formula is C16H14BrN5. The molecule has 0 spiro atoms. The second kappa shape index (κ2) is 6.16. The van der Waals surface area contributed by atoms with Crippen molar-refractivity contribution >= 4 is 32.7 Å². The average Bonchev–Trinajstić information content (AvgIpc) is 2.93. The molecule has 0 aromatic carbocycles. The number of nitrogens with zero attached hydrogens (tertiary/aromatic N) is 4. The third kappa shape index (κ3) is 2.81. The number of nitrogens with one attached hydrogen (secondary N) is 1. The van der Waals surface area contributed by atoms with E-state index in [1.54, 1.807) is 12.4 Å². The van der Waals surface area contributed by atoms with Crippen LogP contribution in [0.3, 0.4) is 0 Å². The fourth-order valence-electron chi connectivity index (χ4n) is 2.22. The van der Waals surface area contributed by atoms with Crippen molar-refractivity contribution < 1.29 is 0 Å². The van der Waals surface area contributed by atoms with Gasteiger partial charge in [-0.2, -0.15) is 0 Å². The van der Waals surface area contributed by atoms with Gasteiger partial charge in [-0.1, -0.05) is 5.92 Å².